The van der Waals surface area contributed by atoms with Crippen LogP contribution in [0.4, 0.5) is 10.1 Å². The summed E-state index contributed by atoms with van der Waals surface area (Å²) in [5.74, 6) is -0.438. The molecule has 0 fully saturated rings. The summed E-state index contributed by atoms with van der Waals surface area (Å²) in [5.41, 5.74) is 0.504. The van der Waals surface area contributed by atoms with Gasteiger partial charge >= 0.3 is 0 Å². The van der Waals surface area contributed by atoms with Crippen LogP contribution in [0.15, 0.2) is 23.1 Å². The number of benzene rings is 1. The Morgan fingerprint density at radius 2 is 2.14 bits per heavy atom. The van der Waals surface area contributed by atoms with Gasteiger partial charge in [0.25, 0.3) is 0 Å². The summed E-state index contributed by atoms with van der Waals surface area (Å²) < 4.78 is 36.2. The fourth-order valence-electron chi connectivity index (χ4n) is 1.49. The molecule has 0 aromatic heterocycles. The van der Waals surface area contributed by atoms with Gasteiger partial charge in [0.05, 0.1) is 16.3 Å². The minimum atomic E-state index is -3.30. The average Bonchev–Trinajstić information content (AvgIpc) is 2.26. The predicted molar refractivity (Wildman–Crippen MR) is 51.6 cm³/mol. The average molecular weight is 215 g/mol. The van der Waals surface area contributed by atoms with Gasteiger partial charge in [0.1, 0.15) is 5.82 Å². The first-order chi connectivity index (χ1) is 6.59. The molecule has 2 rings (SSSR count). The summed E-state index contributed by atoms with van der Waals surface area (Å²) in [6.45, 7) is 0.609. The van der Waals surface area contributed by atoms with Crippen molar-refractivity contribution in [3.05, 3.63) is 24.0 Å². The van der Waals surface area contributed by atoms with Gasteiger partial charge in [-0.05, 0) is 24.6 Å². The third kappa shape index (κ3) is 1.59. The molecule has 1 aromatic rings. The molecule has 0 bridgehead atoms. The lowest BCUT2D eigenvalue weighted by molar-refractivity contribution is 0.591. The van der Waals surface area contributed by atoms with Crippen molar-refractivity contribution in [3.63, 3.8) is 0 Å². The first kappa shape index (κ1) is 9.45. The first-order valence-electron chi connectivity index (χ1n) is 4.36. The van der Waals surface area contributed by atoms with Crippen molar-refractivity contribution in [2.24, 2.45) is 0 Å². The van der Waals surface area contributed by atoms with Gasteiger partial charge in [0, 0.05) is 6.54 Å². The smallest absolute Gasteiger partial charge is 0.180 e. The molecule has 5 heteroatoms. The van der Waals surface area contributed by atoms with Crippen LogP contribution in [0.25, 0.3) is 0 Å². The van der Waals surface area contributed by atoms with Crippen molar-refractivity contribution in [1.29, 1.82) is 0 Å². The largest absolute Gasteiger partial charge is 0.384 e. The maximum absolute atomic E-state index is 12.9. The highest BCUT2D eigenvalue weighted by Crippen LogP contribution is 2.26. The van der Waals surface area contributed by atoms with Crippen LogP contribution in [0.2, 0.25) is 0 Å². The molecule has 0 radical (unpaired) electrons. The fourth-order valence-corrected chi connectivity index (χ4v) is 3.01. The van der Waals surface area contributed by atoms with Gasteiger partial charge in [-0.15, -0.1) is 0 Å². The molecule has 14 heavy (non-hydrogen) atoms. The van der Waals surface area contributed by atoms with Gasteiger partial charge in [0.15, 0.2) is 9.84 Å². The van der Waals surface area contributed by atoms with Crippen LogP contribution in [0.1, 0.15) is 6.42 Å². The number of sulfone groups is 1. The van der Waals surface area contributed by atoms with E-state index in [4.69, 9.17) is 0 Å². The van der Waals surface area contributed by atoms with E-state index in [1.54, 1.807) is 0 Å². The Labute approximate surface area is 81.9 Å². The topological polar surface area (TPSA) is 46.2 Å². The minimum Gasteiger partial charge on any atom is -0.384 e. The SMILES string of the molecule is O=S1(=O)CCCNc2ccc(F)cc21. The predicted octanol–water partition coefficient (Wildman–Crippen LogP) is 1.42. The maximum Gasteiger partial charge on any atom is 0.180 e. The number of nitrogens with one attached hydrogen (secondary N) is 1. The van der Waals surface area contributed by atoms with E-state index in [9.17, 15) is 12.8 Å². The lowest BCUT2D eigenvalue weighted by Crippen LogP contribution is -2.05. The quantitative estimate of drug-likeness (QED) is 0.711. The molecule has 1 aromatic carbocycles. The molecular weight excluding hydrogens is 205 g/mol. The van der Waals surface area contributed by atoms with Crippen molar-refractivity contribution in [2.75, 3.05) is 17.6 Å². The van der Waals surface area contributed by atoms with E-state index in [1.807, 2.05) is 0 Å². The van der Waals surface area contributed by atoms with E-state index in [-0.39, 0.29) is 10.6 Å². The van der Waals surface area contributed by atoms with Crippen LogP contribution < -0.4 is 5.32 Å². The molecule has 76 valence electrons. The second-order valence-electron chi connectivity index (χ2n) is 3.24. The number of rotatable bonds is 0. The Morgan fingerprint density at radius 3 is 2.93 bits per heavy atom. The highest BCUT2D eigenvalue weighted by atomic mass is 32.2. The van der Waals surface area contributed by atoms with E-state index in [1.165, 1.54) is 12.1 Å². The second kappa shape index (κ2) is 3.24. The minimum absolute atomic E-state index is 0.0787. The Balaban J connectivity index is 2.64. The molecule has 3 nitrogen and oxygen atoms in total. The summed E-state index contributed by atoms with van der Waals surface area (Å²) in [6.07, 6.45) is 0.554. The summed E-state index contributed by atoms with van der Waals surface area (Å²) in [6, 6.07) is 3.79. The number of fused-ring (bicyclic) bond motifs is 1. The van der Waals surface area contributed by atoms with Crippen molar-refractivity contribution < 1.29 is 12.8 Å². The van der Waals surface area contributed by atoms with Crippen LogP contribution in [-0.4, -0.2) is 20.7 Å². The first-order valence-corrected chi connectivity index (χ1v) is 6.01. The molecule has 0 saturated heterocycles. The number of halogens is 1. The van der Waals surface area contributed by atoms with Crippen molar-refractivity contribution in [1.82, 2.24) is 0 Å². The molecule has 0 aliphatic carbocycles. The molecule has 0 atom stereocenters. The van der Waals surface area contributed by atoms with Crippen molar-refractivity contribution in [3.8, 4) is 0 Å². The second-order valence-corrected chi connectivity index (χ2v) is 5.32. The van der Waals surface area contributed by atoms with Crippen molar-refractivity contribution in [2.45, 2.75) is 11.3 Å². The Kier molecular flexibility index (Phi) is 2.19. The van der Waals surface area contributed by atoms with Crippen LogP contribution >= 0.6 is 0 Å². The highest BCUT2D eigenvalue weighted by molar-refractivity contribution is 7.91. The van der Waals surface area contributed by atoms with Gasteiger partial charge in [-0.3, -0.25) is 0 Å². The van der Waals surface area contributed by atoms with E-state index < -0.39 is 15.7 Å². The van der Waals surface area contributed by atoms with Crippen LogP contribution in [0.3, 0.4) is 0 Å². The lowest BCUT2D eigenvalue weighted by atomic mass is 10.3. The maximum atomic E-state index is 12.9. The standard InChI is InChI=1S/C9H10FNO2S/c10-7-2-3-8-9(6-7)14(12,13)5-1-4-11-8/h2-3,6,11H,1,4-5H2. The van der Waals surface area contributed by atoms with Crippen molar-refractivity contribution >= 4 is 15.5 Å². The van der Waals surface area contributed by atoms with Gasteiger partial charge in [-0.25, -0.2) is 12.8 Å². The summed E-state index contributed by atoms with van der Waals surface area (Å²) in [4.78, 5) is 0.0787. The molecule has 1 aliphatic heterocycles. The summed E-state index contributed by atoms with van der Waals surface area (Å²) >= 11 is 0. The number of hydrogen-bond acceptors (Lipinski definition) is 3. The van der Waals surface area contributed by atoms with Gasteiger partial charge in [0.2, 0.25) is 0 Å². The molecule has 1 heterocycles. The van der Waals surface area contributed by atoms with E-state index >= 15 is 0 Å². The zero-order valence-electron chi connectivity index (χ0n) is 7.46. The molecular formula is C9H10FNO2S. The summed E-state index contributed by atoms with van der Waals surface area (Å²) in [7, 11) is -3.30. The van der Waals surface area contributed by atoms with E-state index in [0.717, 1.165) is 6.07 Å². The zero-order chi connectivity index (χ0) is 10.2. The molecule has 1 aliphatic rings. The molecule has 1 N–H and O–H groups in total. The number of hydrogen-bond donors (Lipinski definition) is 1. The monoisotopic (exact) mass is 215 g/mol. The zero-order valence-corrected chi connectivity index (χ0v) is 8.27. The van der Waals surface area contributed by atoms with Gasteiger partial charge in [-0.2, -0.15) is 0 Å². The molecule has 0 spiro atoms. The molecule has 0 amide bonds. The fraction of sp³-hybridized carbons (Fsp3) is 0.333. The Hall–Kier alpha value is -1.10. The van der Waals surface area contributed by atoms with E-state index in [2.05, 4.69) is 5.32 Å². The van der Waals surface area contributed by atoms with Crippen LogP contribution in [-0.2, 0) is 9.84 Å². The normalized spacial score (nSPS) is 19.2. The lowest BCUT2D eigenvalue weighted by Gasteiger charge is -2.06. The van der Waals surface area contributed by atoms with Crippen LogP contribution in [0.5, 0.6) is 0 Å². The Bertz CT molecular complexity index is 456. The third-order valence-corrected chi connectivity index (χ3v) is 4.02. The number of anilines is 1. The Morgan fingerprint density at radius 1 is 1.36 bits per heavy atom. The molecule has 0 saturated carbocycles. The van der Waals surface area contributed by atoms with E-state index in [0.29, 0.717) is 18.7 Å². The van der Waals surface area contributed by atoms with Crippen LogP contribution in [0, 0.1) is 5.82 Å². The van der Waals surface area contributed by atoms with Gasteiger partial charge in [-0.1, -0.05) is 0 Å². The third-order valence-electron chi connectivity index (χ3n) is 2.18. The van der Waals surface area contributed by atoms with Gasteiger partial charge < -0.3 is 5.32 Å². The molecule has 0 unspecified atom stereocenters. The summed E-state index contributed by atoms with van der Waals surface area (Å²) in [5, 5.41) is 2.96. The highest BCUT2D eigenvalue weighted by Gasteiger charge is 2.21.